The molecule has 0 spiro atoms. The van der Waals surface area contributed by atoms with E-state index < -0.39 is 0 Å². The zero-order valence-electron chi connectivity index (χ0n) is 11.8. The van der Waals surface area contributed by atoms with Crippen LogP contribution in [0.25, 0.3) is 0 Å². The van der Waals surface area contributed by atoms with E-state index in [1.165, 1.54) is 12.8 Å². The van der Waals surface area contributed by atoms with Crippen LogP contribution in [-0.2, 0) is 6.54 Å². The first-order chi connectivity index (χ1) is 9.70. The summed E-state index contributed by atoms with van der Waals surface area (Å²) in [5.41, 5.74) is 0.604. The van der Waals surface area contributed by atoms with Gasteiger partial charge in [0.2, 0.25) is 0 Å². The monoisotopic (exact) mass is 296 g/mol. The van der Waals surface area contributed by atoms with Crippen molar-refractivity contribution < 1.29 is 0 Å². The molecule has 1 N–H and O–H groups in total. The van der Waals surface area contributed by atoms with Crippen LogP contribution in [0.4, 0.5) is 5.69 Å². The fourth-order valence-electron chi connectivity index (χ4n) is 2.97. The average molecular weight is 297 g/mol. The summed E-state index contributed by atoms with van der Waals surface area (Å²) in [4.78, 5) is 14.8. The van der Waals surface area contributed by atoms with E-state index >= 15 is 0 Å². The summed E-state index contributed by atoms with van der Waals surface area (Å²) in [7, 11) is 1.94. The Morgan fingerprint density at radius 2 is 2.25 bits per heavy atom. The maximum Gasteiger partial charge on any atom is 0.291 e. The summed E-state index contributed by atoms with van der Waals surface area (Å²) in [5.74, 6) is 0.626. The topological polar surface area (TPSA) is 50.2 Å². The summed E-state index contributed by atoms with van der Waals surface area (Å²) in [5, 5.41) is 7.86. The molecule has 110 valence electrons. The van der Waals surface area contributed by atoms with Gasteiger partial charge < -0.3 is 10.2 Å². The SMILES string of the molecule is CNCC1CCCN1c1c(Cl)cnn(CC2CC2)c1=O. The number of hydrogen-bond acceptors (Lipinski definition) is 4. The second kappa shape index (κ2) is 5.74. The van der Waals surface area contributed by atoms with Crippen molar-refractivity contribution in [1.29, 1.82) is 0 Å². The molecule has 1 atom stereocenters. The minimum Gasteiger partial charge on any atom is -0.362 e. The van der Waals surface area contributed by atoms with Crippen LogP contribution in [0.3, 0.4) is 0 Å². The van der Waals surface area contributed by atoms with E-state index in [1.54, 1.807) is 10.9 Å². The van der Waals surface area contributed by atoms with E-state index in [4.69, 9.17) is 11.6 Å². The standard InChI is InChI=1S/C14H21ClN4O/c1-16-7-11-3-2-6-18(11)13-12(15)8-17-19(14(13)20)9-10-4-5-10/h8,10-11,16H,2-7,9H2,1H3. The van der Waals surface area contributed by atoms with Crippen molar-refractivity contribution in [2.75, 3.05) is 25.0 Å². The Morgan fingerprint density at radius 1 is 1.45 bits per heavy atom. The Kier molecular flexibility index (Phi) is 3.98. The maximum absolute atomic E-state index is 12.6. The van der Waals surface area contributed by atoms with Crippen molar-refractivity contribution in [2.45, 2.75) is 38.3 Å². The molecule has 1 aromatic rings. The molecule has 1 unspecified atom stereocenters. The molecule has 0 amide bonds. The fraction of sp³-hybridized carbons (Fsp3) is 0.714. The predicted molar refractivity (Wildman–Crippen MR) is 80.5 cm³/mol. The van der Waals surface area contributed by atoms with Crippen LogP contribution in [0.5, 0.6) is 0 Å². The summed E-state index contributed by atoms with van der Waals surface area (Å²) >= 11 is 6.26. The lowest BCUT2D eigenvalue weighted by atomic mass is 10.2. The smallest absolute Gasteiger partial charge is 0.291 e. The van der Waals surface area contributed by atoms with E-state index in [-0.39, 0.29) is 5.56 Å². The Hall–Kier alpha value is -1.07. The summed E-state index contributed by atoms with van der Waals surface area (Å²) in [6.07, 6.45) is 6.24. The molecule has 20 heavy (non-hydrogen) atoms. The lowest BCUT2D eigenvalue weighted by Gasteiger charge is -2.27. The van der Waals surface area contributed by atoms with Crippen LogP contribution in [-0.4, -0.2) is 36.0 Å². The van der Waals surface area contributed by atoms with Gasteiger partial charge in [0.05, 0.1) is 11.2 Å². The fourth-order valence-corrected chi connectivity index (χ4v) is 3.20. The van der Waals surface area contributed by atoms with Crippen molar-refractivity contribution in [3.63, 3.8) is 0 Å². The molecule has 1 saturated heterocycles. The Balaban J connectivity index is 1.92. The Labute approximate surface area is 123 Å². The number of rotatable bonds is 5. The molecule has 2 fully saturated rings. The van der Waals surface area contributed by atoms with Crippen molar-refractivity contribution in [1.82, 2.24) is 15.1 Å². The van der Waals surface area contributed by atoms with Gasteiger partial charge in [-0.15, -0.1) is 0 Å². The van der Waals surface area contributed by atoms with Crippen molar-refractivity contribution in [2.24, 2.45) is 5.92 Å². The third-order valence-corrected chi connectivity index (χ3v) is 4.48. The molecular weight excluding hydrogens is 276 g/mol. The van der Waals surface area contributed by atoms with Gasteiger partial charge in [-0.05, 0) is 38.6 Å². The molecule has 0 aromatic carbocycles. The number of likely N-dealkylation sites (N-methyl/N-ethyl adjacent to an activating group) is 1. The lowest BCUT2D eigenvalue weighted by Crippen LogP contribution is -2.41. The van der Waals surface area contributed by atoms with Gasteiger partial charge in [0.25, 0.3) is 5.56 Å². The third kappa shape index (κ3) is 2.69. The molecule has 2 aliphatic rings. The zero-order chi connectivity index (χ0) is 14.1. The van der Waals surface area contributed by atoms with Crippen LogP contribution in [0.1, 0.15) is 25.7 Å². The highest BCUT2D eigenvalue weighted by Gasteiger charge is 2.30. The van der Waals surface area contributed by atoms with Crippen LogP contribution in [0, 0.1) is 5.92 Å². The summed E-state index contributed by atoms with van der Waals surface area (Å²) in [6.45, 7) is 2.50. The van der Waals surface area contributed by atoms with Gasteiger partial charge in [-0.2, -0.15) is 5.10 Å². The van der Waals surface area contributed by atoms with Gasteiger partial charge in [0, 0.05) is 25.7 Å². The van der Waals surface area contributed by atoms with Crippen LogP contribution < -0.4 is 15.8 Å². The normalized spacial score (nSPS) is 22.5. The molecule has 6 heteroatoms. The highest BCUT2D eigenvalue weighted by atomic mass is 35.5. The predicted octanol–water partition coefficient (Wildman–Crippen LogP) is 1.49. The molecule has 0 bridgehead atoms. The first-order valence-corrected chi connectivity index (χ1v) is 7.75. The molecule has 1 aromatic heterocycles. The van der Waals surface area contributed by atoms with Gasteiger partial charge in [-0.25, -0.2) is 4.68 Å². The first kappa shape index (κ1) is 13.9. The molecule has 1 aliphatic carbocycles. The number of hydrogen-bond donors (Lipinski definition) is 1. The van der Waals surface area contributed by atoms with Gasteiger partial charge in [0.1, 0.15) is 5.69 Å². The summed E-state index contributed by atoms with van der Waals surface area (Å²) < 4.78 is 1.59. The quantitative estimate of drug-likeness (QED) is 0.894. The molecule has 1 aliphatic heterocycles. The summed E-state index contributed by atoms with van der Waals surface area (Å²) in [6, 6.07) is 0.349. The van der Waals surface area contributed by atoms with E-state index in [9.17, 15) is 4.79 Å². The van der Waals surface area contributed by atoms with Gasteiger partial charge >= 0.3 is 0 Å². The van der Waals surface area contributed by atoms with Crippen molar-refractivity contribution in [3.05, 3.63) is 21.6 Å². The second-order valence-corrected chi connectivity index (χ2v) is 6.23. The van der Waals surface area contributed by atoms with Crippen LogP contribution in [0.2, 0.25) is 5.02 Å². The average Bonchev–Trinajstić information content (AvgIpc) is 3.13. The molecule has 1 saturated carbocycles. The highest BCUT2D eigenvalue weighted by molar-refractivity contribution is 6.33. The molecule has 2 heterocycles. The number of aromatic nitrogens is 2. The molecule has 5 nitrogen and oxygen atoms in total. The van der Waals surface area contributed by atoms with Crippen LogP contribution in [0.15, 0.2) is 11.0 Å². The minimum atomic E-state index is -0.0348. The lowest BCUT2D eigenvalue weighted by molar-refractivity contribution is 0.529. The van der Waals surface area contributed by atoms with Crippen molar-refractivity contribution in [3.8, 4) is 0 Å². The zero-order valence-corrected chi connectivity index (χ0v) is 12.6. The van der Waals surface area contributed by atoms with Gasteiger partial charge in [-0.3, -0.25) is 4.79 Å². The Bertz CT molecular complexity index is 540. The van der Waals surface area contributed by atoms with Gasteiger partial charge in [-0.1, -0.05) is 11.6 Å². The maximum atomic E-state index is 12.6. The van der Waals surface area contributed by atoms with E-state index in [0.29, 0.717) is 22.7 Å². The largest absolute Gasteiger partial charge is 0.362 e. The van der Waals surface area contributed by atoms with Crippen molar-refractivity contribution >= 4 is 17.3 Å². The Morgan fingerprint density at radius 3 is 2.95 bits per heavy atom. The van der Waals surface area contributed by atoms with Crippen LogP contribution >= 0.6 is 11.6 Å². The molecule has 0 radical (unpaired) electrons. The molecule has 3 rings (SSSR count). The number of anilines is 1. The third-order valence-electron chi connectivity index (χ3n) is 4.21. The number of halogens is 1. The number of nitrogens with zero attached hydrogens (tertiary/aromatic N) is 3. The van der Waals surface area contributed by atoms with E-state index in [0.717, 1.165) is 32.5 Å². The number of nitrogens with one attached hydrogen (secondary N) is 1. The highest BCUT2D eigenvalue weighted by Crippen LogP contribution is 2.31. The van der Waals surface area contributed by atoms with Gasteiger partial charge in [0.15, 0.2) is 0 Å². The van der Waals surface area contributed by atoms with E-state index in [2.05, 4.69) is 15.3 Å². The van der Waals surface area contributed by atoms with E-state index in [1.807, 2.05) is 7.05 Å². The minimum absolute atomic E-state index is 0.0348. The second-order valence-electron chi connectivity index (χ2n) is 5.82. The molecular formula is C14H21ClN4O. The first-order valence-electron chi connectivity index (χ1n) is 7.37.